The molecule has 1 aromatic carbocycles. The van der Waals surface area contributed by atoms with E-state index in [-0.39, 0.29) is 11.7 Å². The summed E-state index contributed by atoms with van der Waals surface area (Å²) < 4.78 is 18.9. The molecule has 2 N–H and O–H groups in total. The van der Waals surface area contributed by atoms with Crippen LogP contribution in [0.1, 0.15) is 39.5 Å². The zero-order chi connectivity index (χ0) is 16.7. The summed E-state index contributed by atoms with van der Waals surface area (Å²) in [5.41, 5.74) is 0.544. The van der Waals surface area contributed by atoms with Crippen LogP contribution in [-0.2, 0) is 4.79 Å². The Bertz CT molecular complexity index is 516. The second-order valence-corrected chi connectivity index (χ2v) is 6.31. The van der Waals surface area contributed by atoms with E-state index in [4.69, 9.17) is 4.74 Å². The van der Waals surface area contributed by atoms with Crippen molar-refractivity contribution < 1.29 is 13.9 Å². The van der Waals surface area contributed by atoms with Gasteiger partial charge in [-0.15, -0.1) is 0 Å². The highest BCUT2D eigenvalue weighted by molar-refractivity contribution is 5.92. The molecular weight excluding hydrogens is 295 g/mol. The quantitative estimate of drug-likeness (QED) is 0.807. The maximum Gasteiger partial charge on any atom is 0.224 e. The summed E-state index contributed by atoms with van der Waals surface area (Å²) in [5.74, 6) is 0.930. The van der Waals surface area contributed by atoms with Crippen molar-refractivity contribution in [2.45, 2.75) is 39.5 Å². The first-order chi connectivity index (χ1) is 11.1. The van der Waals surface area contributed by atoms with Gasteiger partial charge in [0.25, 0.3) is 0 Å². The van der Waals surface area contributed by atoms with Crippen LogP contribution >= 0.6 is 0 Å². The standard InChI is InChI=1S/C18H27FN2O2/c1-3-10-23-17-12-15(19)4-5-16(17)21-18(22)11-13(2)14-6-8-20-9-7-14/h4-5,12-14,20H,3,6-11H2,1-2H3,(H,21,22). The fraction of sp³-hybridized carbons (Fsp3) is 0.611. The number of benzene rings is 1. The third-order valence-corrected chi connectivity index (χ3v) is 4.38. The first-order valence-corrected chi connectivity index (χ1v) is 8.53. The number of hydrogen-bond donors (Lipinski definition) is 2. The molecule has 0 aromatic heterocycles. The summed E-state index contributed by atoms with van der Waals surface area (Å²) in [6.07, 6.45) is 3.55. The number of rotatable bonds is 7. The molecule has 2 rings (SSSR count). The van der Waals surface area contributed by atoms with Gasteiger partial charge in [0.2, 0.25) is 5.91 Å². The molecule has 0 bridgehead atoms. The van der Waals surface area contributed by atoms with Gasteiger partial charge in [-0.05, 0) is 56.3 Å². The molecule has 1 aliphatic rings. The molecule has 0 aliphatic carbocycles. The van der Waals surface area contributed by atoms with Crippen molar-refractivity contribution in [3.05, 3.63) is 24.0 Å². The highest BCUT2D eigenvalue weighted by Crippen LogP contribution is 2.28. The summed E-state index contributed by atoms with van der Waals surface area (Å²) in [6, 6.07) is 4.22. The minimum absolute atomic E-state index is 0.0380. The second kappa shape index (κ2) is 8.87. The van der Waals surface area contributed by atoms with Crippen LogP contribution in [0.15, 0.2) is 18.2 Å². The molecule has 0 spiro atoms. The molecule has 0 saturated carbocycles. The van der Waals surface area contributed by atoms with E-state index in [0.29, 0.717) is 36.3 Å². The predicted molar refractivity (Wildman–Crippen MR) is 90.2 cm³/mol. The molecule has 1 aliphatic heterocycles. The summed E-state index contributed by atoms with van der Waals surface area (Å²) in [4.78, 5) is 12.3. The van der Waals surface area contributed by atoms with Crippen LogP contribution in [-0.4, -0.2) is 25.6 Å². The van der Waals surface area contributed by atoms with Gasteiger partial charge in [-0.3, -0.25) is 4.79 Å². The number of amides is 1. The van der Waals surface area contributed by atoms with E-state index in [0.717, 1.165) is 32.4 Å². The van der Waals surface area contributed by atoms with Gasteiger partial charge in [0.1, 0.15) is 11.6 Å². The molecule has 128 valence electrons. The minimum atomic E-state index is -0.364. The molecular formula is C18H27FN2O2. The SMILES string of the molecule is CCCOc1cc(F)ccc1NC(=O)CC(C)C1CCNCC1. The van der Waals surface area contributed by atoms with E-state index in [1.165, 1.54) is 12.1 Å². The number of hydrogen-bond acceptors (Lipinski definition) is 3. The molecule has 1 aromatic rings. The molecule has 5 heteroatoms. The number of halogens is 1. The minimum Gasteiger partial charge on any atom is -0.491 e. The van der Waals surface area contributed by atoms with E-state index >= 15 is 0 Å². The maximum atomic E-state index is 13.4. The summed E-state index contributed by atoms with van der Waals surface area (Å²) >= 11 is 0. The third-order valence-electron chi connectivity index (χ3n) is 4.38. The lowest BCUT2D eigenvalue weighted by molar-refractivity contribution is -0.117. The molecule has 1 fully saturated rings. The van der Waals surface area contributed by atoms with E-state index < -0.39 is 0 Å². The molecule has 1 amide bonds. The Hall–Kier alpha value is -1.62. The number of carbonyl (C=O) groups is 1. The zero-order valence-electron chi connectivity index (χ0n) is 14.0. The van der Waals surface area contributed by atoms with Crippen molar-refractivity contribution in [3.8, 4) is 5.75 Å². The Morgan fingerprint density at radius 1 is 1.43 bits per heavy atom. The van der Waals surface area contributed by atoms with Gasteiger partial charge in [0.15, 0.2) is 0 Å². The van der Waals surface area contributed by atoms with Crippen molar-refractivity contribution in [2.24, 2.45) is 11.8 Å². The first kappa shape index (κ1) is 17.7. The Labute approximate surface area is 137 Å². The Kier molecular flexibility index (Phi) is 6.84. The smallest absolute Gasteiger partial charge is 0.224 e. The molecule has 1 heterocycles. The topological polar surface area (TPSA) is 50.4 Å². The fourth-order valence-electron chi connectivity index (χ4n) is 3.00. The van der Waals surface area contributed by atoms with Crippen molar-refractivity contribution in [1.29, 1.82) is 0 Å². The Morgan fingerprint density at radius 3 is 2.87 bits per heavy atom. The number of anilines is 1. The van der Waals surface area contributed by atoms with Crippen molar-refractivity contribution >= 4 is 11.6 Å². The highest BCUT2D eigenvalue weighted by atomic mass is 19.1. The van der Waals surface area contributed by atoms with Crippen LogP contribution in [0.3, 0.4) is 0 Å². The van der Waals surface area contributed by atoms with Gasteiger partial charge in [0, 0.05) is 12.5 Å². The molecule has 23 heavy (non-hydrogen) atoms. The van der Waals surface area contributed by atoms with Crippen LogP contribution in [0.4, 0.5) is 10.1 Å². The van der Waals surface area contributed by atoms with Crippen LogP contribution in [0.25, 0.3) is 0 Å². The average molecular weight is 322 g/mol. The van der Waals surface area contributed by atoms with E-state index in [9.17, 15) is 9.18 Å². The number of piperidine rings is 1. The normalized spacial score (nSPS) is 16.8. The van der Waals surface area contributed by atoms with Gasteiger partial charge >= 0.3 is 0 Å². The van der Waals surface area contributed by atoms with Crippen molar-refractivity contribution in [1.82, 2.24) is 5.32 Å². The molecule has 1 unspecified atom stereocenters. The number of nitrogens with one attached hydrogen (secondary N) is 2. The third kappa shape index (κ3) is 5.50. The number of ether oxygens (including phenoxy) is 1. The van der Waals surface area contributed by atoms with Gasteiger partial charge in [-0.25, -0.2) is 4.39 Å². The fourth-order valence-corrected chi connectivity index (χ4v) is 3.00. The van der Waals surface area contributed by atoms with Crippen LogP contribution in [0.2, 0.25) is 0 Å². The van der Waals surface area contributed by atoms with Crippen LogP contribution in [0.5, 0.6) is 5.75 Å². The first-order valence-electron chi connectivity index (χ1n) is 8.53. The largest absolute Gasteiger partial charge is 0.491 e. The number of carbonyl (C=O) groups excluding carboxylic acids is 1. The second-order valence-electron chi connectivity index (χ2n) is 6.31. The molecule has 1 saturated heterocycles. The summed E-state index contributed by atoms with van der Waals surface area (Å²) in [7, 11) is 0. The highest BCUT2D eigenvalue weighted by Gasteiger charge is 2.22. The molecule has 0 radical (unpaired) electrons. The Morgan fingerprint density at radius 2 is 2.17 bits per heavy atom. The van der Waals surface area contributed by atoms with Crippen LogP contribution < -0.4 is 15.4 Å². The average Bonchev–Trinajstić information content (AvgIpc) is 2.55. The van der Waals surface area contributed by atoms with E-state index in [1.54, 1.807) is 6.07 Å². The predicted octanol–water partition coefficient (Wildman–Crippen LogP) is 3.58. The molecule has 4 nitrogen and oxygen atoms in total. The Balaban J connectivity index is 1.93. The summed E-state index contributed by atoms with van der Waals surface area (Å²) in [6.45, 7) is 6.68. The van der Waals surface area contributed by atoms with Crippen molar-refractivity contribution in [3.63, 3.8) is 0 Å². The van der Waals surface area contributed by atoms with Gasteiger partial charge in [-0.1, -0.05) is 13.8 Å². The monoisotopic (exact) mass is 322 g/mol. The lowest BCUT2D eigenvalue weighted by Crippen LogP contribution is -2.32. The maximum absolute atomic E-state index is 13.4. The van der Waals surface area contributed by atoms with E-state index in [2.05, 4.69) is 17.6 Å². The zero-order valence-corrected chi connectivity index (χ0v) is 14.0. The van der Waals surface area contributed by atoms with Gasteiger partial charge in [-0.2, -0.15) is 0 Å². The lowest BCUT2D eigenvalue weighted by atomic mass is 9.84. The molecule has 1 atom stereocenters. The summed E-state index contributed by atoms with van der Waals surface area (Å²) in [5, 5.41) is 6.21. The lowest BCUT2D eigenvalue weighted by Gasteiger charge is -2.28. The van der Waals surface area contributed by atoms with Crippen molar-refractivity contribution in [2.75, 3.05) is 25.0 Å². The van der Waals surface area contributed by atoms with Gasteiger partial charge in [0.05, 0.1) is 12.3 Å². The van der Waals surface area contributed by atoms with E-state index in [1.807, 2.05) is 6.92 Å². The van der Waals surface area contributed by atoms with Crippen LogP contribution in [0, 0.1) is 17.7 Å². The van der Waals surface area contributed by atoms with Gasteiger partial charge < -0.3 is 15.4 Å².